The van der Waals surface area contributed by atoms with Crippen LogP contribution in [0.15, 0.2) is 42.5 Å². The van der Waals surface area contributed by atoms with Crippen molar-refractivity contribution in [2.75, 3.05) is 14.2 Å². The van der Waals surface area contributed by atoms with Gasteiger partial charge < -0.3 is 15.2 Å². The first-order chi connectivity index (χ1) is 10.1. The quantitative estimate of drug-likeness (QED) is 0.881. The third-order valence-corrected chi connectivity index (χ3v) is 3.70. The number of ether oxygens (including phenoxy) is 2. The second-order valence-corrected chi connectivity index (χ2v) is 5.25. The van der Waals surface area contributed by atoms with E-state index in [9.17, 15) is 0 Å². The van der Waals surface area contributed by atoms with E-state index in [2.05, 4.69) is 31.2 Å². The molecule has 3 heteroatoms. The maximum absolute atomic E-state index is 6.29. The summed E-state index contributed by atoms with van der Waals surface area (Å²) in [6.45, 7) is 2.10. The molecule has 0 spiro atoms. The van der Waals surface area contributed by atoms with Crippen molar-refractivity contribution in [2.24, 2.45) is 5.73 Å². The lowest BCUT2D eigenvalue weighted by atomic mass is 9.99. The number of benzene rings is 2. The van der Waals surface area contributed by atoms with E-state index in [-0.39, 0.29) is 6.04 Å². The maximum Gasteiger partial charge on any atom is 0.161 e. The van der Waals surface area contributed by atoms with Crippen LogP contribution >= 0.6 is 0 Å². The van der Waals surface area contributed by atoms with E-state index in [1.807, 2.05) is 18.2 Å². The molecular formula is C18H23NO2. The van der Waals surface area contributed by atoms with Gasteiger partial charge in [0.05, 0.1) is 14.2 Å². The van der Waals surface area contributed by atoms with Gasteiger partial charge in [-0.2, -0.15) is 0 Å². The molecule has 0 aromatic heterocycles. The highest BCUT2D eigenvalue weighted by molar-refractivity contribution is 5.43. The average Bonchev–Trinajstić information content (AvgIpc) is 2.53. The summed E-state index contributed by atoms with van der Waals surface area (Å²) in [6.07, 6.45) is 1.87. The Kier molecular flexibility index (Phi) is 5.23. The van der Waals surface area contributed by atoms with Crippen molar-refractivity contribution in [3.05, 3.63) is 59.2 Å². The van der Waals surface area contributed by atoms with Gasteiger partial charge in [-0.1, -0.05) is 35.9 Å². The molecule has 1 unspecified atom stereocenters. The molecule has 0 heterocycles. The zero-order chi connectivity index (χ0) is 15.2. The van der Waals surface area contributed by atoms with E-state index in [0.29, 0.717) is 0 Å². The SMILES string of the molecule is COc1ccc(C(N)CCc2ccc(C)cc2)cc1OC. The van der Waals surface area contributed by atoms with Crippen LogP contribution in [-0.2, 0) is 6.42 Å². The van der Waals surface area contributed by atoms with Crippen LogP contribution in [0.3, 0.4) is 0 Å². The number of hydrogen-bond acceptors (Lipinski definition) is 3. The van der Waals surface area contributed by atoms with Crippen LogP contribution in [0, 0.1) is 6.92 Å². The average molecular weight is 285 g/mol. The molecule has 0 bridgehead atoms. The molecule has 2 aromatic rings. The van der Waals surface area contributed by atoms with Gasteiger partial charge in [0, 0.05) is 6.04 Å². The Bertz CT molecular complexity index is 578. The second kappa shape index (κ2) is 7.14. The smallest absolute Gasteiger partial charge is 0.161 e. The minimum absolute atomic E-state index is 0.00823. The minimum Gasteiger partial charge on any atom is -0.493 e. The second-order valence-electron chi connectivity index (χ2n) is 5.25. The maximum atomic E-state index is 6.29. The van der Waals surface area contributed by atoms with Crippen molar-refractivity contribution in [2.45, 2.75) is 25.8 Å². The molecule has 0 aliphatic rings. The molecule has 3 nitrogen and oxygen atoms in total. The highest BCUT2D eigenvalue weighted by atomic mass is 16.5. The van der Waals surface area contributed by atoms with E-state index < -0.39 is 0 Å². The van der Waals surface area contributed by atoms with Gasteiger partial charge in [0.2, 0.25) is 0 Å². The topological polar surface area (TPSA) is 44.5 Å². The Labute approximate surface area is 126 Å². The summed E-state index contributed by atoms with van der Waals surface area (Å²) in [7, 11) is 3.27. The number of rotatable bonds is 6. The lowest BCUT2D eigenvalue weighted by molar-refractivity contribution is 0.354. The number of aryl methyl sites for hydroxylation is 2. The lowest BCUT2D eigenvalue weighted by Gasteiger charge is -2.15. The van der Waals surface area contributed by atoms with Crippen LogP contribution in [0.25, 0.3) is 0 Å². The molecule has 0 aliphatic heterocycles. The Morgan fingerprint density at radius 1 is 0.952 bits per heavy atom. The van der Waals surface area contributed by atoms with E-state index >= 15 is 0 Å². The monoisotopic (exact) mass is 285 g/mol. The predicted molar refractivity (Wildman–Crippen MR) is 86.0 cm³/mol. The first-order valence-electron chi connectivity index (χ1n) is 7.17. The highest BCUT2D eigenvalue weighted by Crippen LogP contribution is 2.30. The molecule has 0 aliphatic carbocycles. The summed E-state index contributed by atoms with van der Waals surface area (Å²) in [5.74, 6) is 1.45. The van der Waals surface area contributed by atoms with Crippen LogP contribution < -0.4 is 15.2 Å². The van der Waals surface area contributed by atoms with Crippen LogP contribution in [0.2, 0.25) is 0 Å². The summed E-state index contributed by atoms with van der Waals surface area (Å²) < 4.78 is 10.6. The van der Waals surface area contributed by atoms with Gasteiger partial charge >= 0.3 is 0 Å². The zero-order valence-electron chi connectivity index (χ0n) is 12.9. The summed E-state index contributed by atoms with van der Waals surface area (Å²) in [5, 5.41) is 0. The van der Waals surface area contributed by atoms with Crippen molar-refractivity contribution in [3.8, 4) is 11.5 Å². The first-order valence-corrected chi connectivity index (χ1v) is 7.17. The molecule has 0 amide bonds. The number of nitrogens with two attached hydrogens (primary N) is 1. The predicted octanol–water partition coefficient (Wildman–Crippen LogP) is 3.64. The van der Waals surface area contributed by atoms with Crippen molar-refractivity contribution in [3.63, 3.8) is 0 Å². The van der Waals surface area contributed by atoms with Crippen molar-refractivity contribution < 1.29 is 9.47 Å². The first kappa shape index (κ1) is 15.4. The van der Waals surface area contributed by atoms with Crippen molar-refractivity contribution in [1.82, 2.24) is 0 Å². The van der Waals surface area contributed by atoms with Gasteiger partial charge in [0.15, 0.2) is 11.5 Å². The fourth-order valence-corrected chi connectivity index (χ4v) is 2.33. The summed E-state index contributed by atoms with van der Waals surface area (Å²) in [5.41, 5.74) is 9.96. The molecule has 0 saturated heterocycles. The molecule has 2 rings (SSSR count). The Hall–Kier alpha value is -2.00. The molecular weight excluding hydrogens is 262 g/mol. The van der Waals surface area contributed by atoms with Gasteiger partial charge in [-0.05, 0) is 43.0 Å². The lowest BCUT2D eigenvalue weighted by Crippen LogP contribution is -2.11. The highest BCUT2D eigenvalue weighted by Gasteiger charge is 2.10. The van der Waals surface area contributed by atoms with E-state index in [4.69, 9.17) is 15.2 Å². The number of hydrogen-bond donors (Lipinski definition) is 1. The summed E-state index contributed by atoms with van der Waals surface area (Å²) >= 11 is 0. The van der Waals surface area contributed by atoms with Crippen LogP contribution in [0.4, 0.5) is 0 Å². The fourth-order valence-electron chi connectivity index (χ4n) is 2.33. The van der Waals surface area contributed by atoms with Crippen molar-refractivity contribution >= 4 is 0 Å². The summed E-state index contributed by atoms with van der Waals surface area (Å²) in [4.78, 5) is 0. The normalized spacial score (nSPS) is 12.0. The molecule has 112 valence electrons. The fraction of sp³-hybridized carbons (Fsp3) is 0.333. The molecule has 0 radical (unpaired) electrons. The van der Waals surface area contributed by atoms with Gasteiger partial charge in [-0.25, -0.2) is 0 Å². The third-order valence-electron chi connectivity index (χ3n) is 3.70. The van der Waals surface area contributed by atoms with Gasteiger partial charge in [0.25, 0.3) is 0 Å². The van der Waals surface area contributed by atoms with Gasteiger partial charge in [-0.15, -0.1) is 0 Å². The van der Waals surface area contributed by atoms with Crippen LogP contribution in [-0.4, -0.2) is 14.2 Å². The Morgan fingerprint density at radius 2 is 1.62 bits per heavy atom. The van der Waals surface area contributed by atoms with Crippen molar-refractivity contribution in [1.29, 1.82) is 0 Å². The van der Waals surface area contributed by atoms with E-state index in [0.717, 1.165) is 29.9 Å². The third kappa shape index (κ3) is 3.99. The Morgan fingerprint density at radius 3 is 2.24 bits per heavy atom. The molecule has 1 atom stereocenters. The molecule has 21 heavy (non-hydrogen) atoms. The van der Waals surface area contributed by atoms with E-state index in [1.165, 1.54) is 11.1 Å². The Balaban J connectivity index is 2.02. The van der Waals surface area contributed by atoms with Crippen LogP contribution in [0.1, 0.15) is 29.2 Å². The molecule has 2 aromatic carbocycles. The molecule has 0 saturated carbocycles. The zero-order valence-corrected chi connectivity index (χ0v) is 12.9. The standard InChI is InChI=1S/C18H23NO2/c1-13-4-6-14(7-5-13)8-10-16(19)15-9-11-17(20-2)18(12-15)21-3/h4-7,9,11-12,16H,8,10,19H2,1-3H3. The van der Waals surface area contributed by atoms with Crippen LogP contribution in [0.5, 0.6) is 11.5 Å². The number of methoxy groups -OCH3 is 2. The van der Waals surface area contributed by atoms with Gasteiger partial charge in [0.1, 0.15) is 0 Å². The largest absolute Gasteiger partial charge is 0.493 e. The summed E-state index contributed by atoms with van der Waals surface area (Å²) in [6, 6.07) is 14.5. The minimum atomic E-state index is -0.00823. The molecule has 2 N–H and O–H groups in total. The van der Waals surface area contributed by atoms with E-state index in [1.54, 1.807) is 14.2 Å². The van der Waals surface area contributed by atoms with Gasteiger partial charge in [-0.3, -0.25) is 0 Å². The molecule has 0 fully saturated rings.